The van der Waals surface area contributed by atoms with Gasteiger partial charge in [0, 0.05) is 41.5 Å². The molecule has 4 aromatic rings. The van der Waals surface area contributed by atoms with E-state index in [4.69, 9.17) is 0 Å². The molecular weight excluding hydrogens is 426 g/mol. The van der Waals surface area contributed by atoms with Gasteiger partial charge in [0.1, 0.15) is 5.69 Å². The van der Waals surface area contributed by atoms with Crippen molar-refractivity contribution in [3.05, 3.63) is 96.4 Å². The monoisotopic (exact) mass is 445 g/mol. The lowest BCUT2D eigenvalue weighted by Gasteiger charge is -2.02. The van der Waals surface area contributed by atoms with Crippen LogP contribution in [-0.2, 0) is 9.84 Å². The van der Waals surface area contributed by atoms with Crippen LogP contribution in [0, 0.1) is 0 Å². The van der Waals surface area contributed by atoms with E-state index in [0.29, 0.717) is 22.4 Å². The predicted molar refractivity (Wildman–Crippen MR) is 121 cm³/mol. The summed E-state index contributed by atoms with van der Waals surface area (Å²) in [6, 6.07) is 19.2. The van der Waals surface area contributed by atoms with Crippen molar-refractivity contribution in [2.24, 2.45) is 5.10 Å². The van der Waals surface area contributed by atoms with Crippen LogP contribution in [0.2, 0.25) is 0 Å². The van der Waals surface area contributed by atoms with Crippen molar-refractivity contribution in [1.29, 1.82) is 0 Å². The van der Waals surface area contributed by atoms with Crippen LogP contribution in [0.15, 0.2) is 95.3 Å². The highest BCUT2D eigenvalue weighted by molar-refractivity contribution is 7.90. The van der Waals surface area contributed by atoms with Crippen molar-refractivity contribution in [1.82, 2.24) is 20.2 Å². The molecule has 0 fully saturated rings. The van der Waals surface area contributed by atoms with Gasteiger partial charge in [-0.1, -0.05) is 30.3 Å². The fourth-order valence-electron chi connectivity index (χ4n) is 3.01. The minimum absolute atomic E-state index is 0.226. The summed E-state index contributed by atoms with van der Waals surface area (Å²) in [5.74, 6) is -0.363. The number of pyridine rings is 1. The Bertz CT molecular complexity index is 1360. The van der Waals surface area contributed by atoms with E-state index in [-0.39, 0.29) is 10.8 Å². The summed E-state index contributed by atoms with van der Waals surface area (Å²) in [6.45, 7) is 0. The number of carbonyl (C=O) groups excluding carboxylic acids is 1. The summed E-state index contributed by atoms with van der Waals surface area (Å²) in [5, 5.41) is 8.73. The van der Waals surface area contributed by atoms with Crippen LogP contribution in [0.25, 0.3) is 16.9 Å². The van der Waals surface area contributed by atoms with Gasteiger partial charge >= 0.3 is 0 Å². The number of carbonyl (C=O) groups is 1. The Morgan fingerprint density at radius 2 is 1.69 bits per heavy atom. The van der Waals surface area contributed by atoms with Gasteiger partial charge in [-0.3, -0.25) is 9.78 Å². The molecule has 9 heteroatoms. The van der Waals surface area contributed by atoms with Crippen LogP contribution in [-0.4, -0.2) is 41.6 Å². The molecule has 0 saturated heterocycles. The molecule has 4 rings (SSSR count). The minimum atomic E-state index is -3.30. The maximum Gasteiger partial charge on any atom is 0.271 e. The number of hydrogen-bond donors (Lipinski definition) is 1. The number of para-hydroxylation sites is 1. The Kier molecular flexibility index (Phi) is 5.91. The normalized spacial score (nSPS) is 11.5. The van der Waals surface area contributed by atoms with E-state index < -0.39 is 9.84 Å². The molecule has 160 valence electrons. The Hall–Kier alpha value is -4.11. The highest BCUT2D eigenvalue weighted by atomic mass is 32.2. The van der Waals surface area contributed by atoms with E-state index in [1.165, 1.54) is 18.6 Å². The quantitative estimate of drug-likeness (QED) is 0.363. The van der Waals surface area contributed by atoms with Gasteiger partial charge in [0.2, 0.25) is 0 Å². The molecule has 8 nitrogen and oxygen atoms in total. The summed E-state index contributed by atoms with van der Waals surface area (Å²) >= 11 is 0. The molecule has 0 atom stereocenters. The van der Waals surface area contributed by atoms with Crippen molar-refractivity contribution in [2.75, 3.05) is 6.26 Å². The van der Waals surface area contributed by atoms with Crippen molar-refractivity contribution < 1.29 is 13.2 Å². The number of rotatable bonds is 6. The van der Waals surface area contributed by atoms with Gasteiger partial charge in [-0.15, -0.1) is 0 Å². The van der Waals surface area contributed by atoms with Crippen LogP contribution < -0.4 is 5.43 Å². The van der Waals surface area contributed by atoms with Crippen LogP contribution in [0.1, 0.15) is 15.9 Å². The maximum absolute atomic E-state index is 12.2. The maximum atomic E-state index is 12.2. The molecule has 2 aromatic heterocycles. The van der Waals surface area contributed by atoms with Crippen molar-refractivity contribution >= 4 is 22.0 Å². The van der Waals surface area contributed by atoms with E-state index in [0.717, 1.165) is 11.9 Å². The smallest absolute Gasteiger partial charge is 0.267 e. The second kappa shape index (κ2) is 8.94. The van der Waals surface area contributed by atoms with E-state index in [2.05, 4.69) is 20.6 Å². The fourth-order valence-corrected chi connectivity index (χ4v) is 3.64. The second-order valence-corrected chi connectivity index (χ2v) is 8.96. The molecule has 0 aliphatic rings. The molecule has 32 heavy (non-hydrogen) atoms. The number of hydrazone groups is 1. The van der Waals surface area contributed by atoms with E-state index in [1.807, 2.05) is 30.3 Å². The molecule has 0 radical (unpaired) electrons. The van der Waals surface area contributed by atoms with Gasteiger partial charge < -0.3 is 0 Å². The van der Waals surface area contributed by atoms with E-state index in [9.17, 15) is 13.2 Å². The number of amides is 1. The molecule has 0 unspecified atom stereocenters. The fraction of sp³-hybridized carbons (Fsp3) is 0.0435. The lowest BCUT2D eigenvalue weighted by Crippen LogP contribution is -2.17. The third-order valence-electron chi connectivity index (χ3n) is 4.63. The first-order valence-corrected chi connectivity index (χ1v) is 11.5. The highest BCUT2D eigenvalue weighted by Gasteiger charge is 2.13. The number of hydrogen-bond acceptors (Lipinski definition) is 6. The average molecular weight is 446 g/mol. The average Bonchev–Trinajstić information content (AvgIpc) is 3.24. The summed E-state index contributed by atoms with van der Waals surface area (Å²) in [5.41, 5.74) is 5.74. The van der Waals surface area contributed by atoms with Gasteiger partial charge in [0.25, 0.3) is 5.91 Å². The zero-order valence-corrected chi connectivity index (χ0v) is 17.9. The van der Waals surface area contributed by atoms with Gasteiger partial charge in [-0.2, -0.15) is 10.2 Å². The number of sulfone groups is 1. The standard InChI is InChI=1S/C23H19N5O3S/c1-32(30,31)21-9-7-17(8-10-21)22-19(16-28(27-22)20-5-3-2-4-6-20)15-25-26-23(29)18-11-13-24-14-12-18/h2-16H,1H3,(H,26,29)/b25-15+. The molecule has 1 N–H and O–H groups in total. The lowest BCUT2D eigenvalue weighted by molar-refractivity contribution is 0.0955. The summed E-state index contributed by atoms with van der Waals surface area (Å²) in [4.78, 5) is 16.3. The zero-order valence-electron chi connectivity index (χ0n) is 17.1. The van der Waals surface area contributed by atoms with Gasteiger partial charge in [-0.25, -0.2) is 18.5 Å². The first-order chi connectivity index (χ1) is 15.4. The van der Waals surface area contributed by atoms with Gasteiger partial charge in [0.05, 0.1) is 16.8 Å². The number of nitrogens with zero attached hydrogens (tertiary/aromatic N) is 4. The van der Waals surface area contributed by atoms with Crippen molar-refractivity contribution in [3.8, 4) is 16.9 Å². The van der Waals surface area contributed by atoms with Crippen LogP contribution >= 0.6 is 0 Å². The molecule has 0 aliphatic heterocycles. The molecule has 0 saturated carbocycles. The summed E-state index contributed by atoms with van der Waals surface area (Å²) in [6.07, 6.45) is 7.51. The topological polar surface area (TPSA) is 106 Å². The molecule has 0 aliphatic carbocycles. The summed E-state index contributed by atoms with van der Waals surface area (Å²) in [7, 11) is -3.30. The van der Waals surface area contributed by atoms with Crippen molar-refractivity contribution in [3.63, 3.8) is 0 Å². The number of benzene rings is 2. The Balaban J connectivity index is 1.67. The minimum Gasteiger partial charge on any atom is -0.267 e. The third-order valence-corrected chi connectivity index (χ3v) is 5.76. The molecule has 0 spiro atoms. The second-order valence-electron chi connectivity index (χ2n) is 6.94. The van der Waals surface area contributed by atoms with E-state index >= 15 is 0 Å². The van der Waals surface area contributed by atoms with Crippen LogP contribution in [0.3, 0.4) is 0 Å². The van der Waals surface area contributed by atoms with Gasteiger partial charge in [-0.05, 0) is 36.4 Å². The number of nitrogens with one attached hydrogen (secondary N) is 1. The Labute approximate surface area is 185 Å². The third kappa shape index (κ3) is 4.79. The Morgan fingerprint density at radius 1 is 1.00 bits per heavy atom. The largest absolute Gasteiger partial charge is 0.271 e. The zero-order chi connectivity index (χ0) is 22.6. The molecule has 2 aromatic carbocycles. The molecule has 0 bridgehead atoms. The van der Waals surface area contributed by atoms with Crippen molar-refractivity contribution in [2.45, 2.75) is 4.90 Å². The van der Waals surface area contributed by atoms with Crippen LogP contribution in [0.5, 0.6) is 0 Å². The lowest BCUT2D eigenvalue weighted by atomic mass is 10.1. The van der Waals surface area contributed by atoms with Gasteiger partial charge in [0.15, 0.2) is 9.84 Å². The highest BCUT2D eigenvalue weighted by Crippen LogP contribution is 2.24. The molecule has 2 heterocycles. The predicted octanol–water partition coefficient (Wildman–Crippen LogP) is 3.10. The molecular formula is C23H19N5O3S. The van der Waals surface area contributed by atoms with E-state index in [1.54, 1.807) is 47.3 Å². The Morgan fingerprint density at radius 3 is 2.34 bits per heavy atom. The molecule has 1 amide bonds. The first kappa shape index (κ1) is 21.1. The SMILES string of the molecule is CS(=O)(=O)c1ccc(-c2nn(-c3ccccc3)cc2/C=N/NC(=O)c2ccncc2)cc1. The first-order valence-electron chi connectivity index (χ1n) is 9.61. The van der Waals surface area contributed by atoms with Crippen LogP contribution in [0.4, 0.5) is 0 Å². The summed E-state index contributed by atoms with van der Waals surface area (Å²) < 4.78 is 25.2. The number of aromatic nitrogens is 3.